The summed E-state index contributed by atoms with van der Waals surface area (Å²) in [6, 6.07) is 0. The van der Waals surface area contributed by atoms with Crippen LogP contribution < -0.4 is 0 Å². The summed E-state index contributed by atoms with van der Waals surface area (Å²) in [6.07, 6.45) is -0.671. The van der Waals surface area contributed by atoms with Gasteiger partial charge in [0.25, 0.3) is 0 Å². The molecular formula is C5H11NO3. The van der Waals surface area contributed by atoms with Crippen LogP contribution in [-0.4, -0.2) is 33.5 Å². The number of methoxy groups -OCH3 is 3. The molecule has 0 aromatic rings. The molecule has 4 heteroatoms. The van der Waals surface area contributed by atoms with Gasteiger partial charge in [-0.05, 0) is 0 Å². The Morgan fingerprint density at radius 2 is 1.67 bits per heavy atom. The molecule has 0 unspecified atom stereocenters. The second kappa shape index (κ2) is 4.29. The minimum absolute atomic E-state index is 0.0278. The van der Waals surface area contributed by atoms with E-state index in [1.165, 1.54) is 21.3 Å². The quantitative estimate of drug-likeness (QED) is 0.340. The minimum Gasteiger partial charge on any atom is -0.481 e. The lowest BCUT2D eigenvalue weighted by Crippen LogP contribution is -2.25. The third-order valence-electron chi connectivity index (χ3n) is 0.862. The molecule has 0 aliphatic rings. The highest BCUT2D eigenvalue weighted by Gasteiger charge is 2.11. The Morgan fingerprint density at radius 1 is 1.22 bits per heavy atom. The molecule has 0 saturated carbocycles. The number of rotatable bonds is 3. The summed E-state index contributed by atoms with van der Waals surface area (Å²) < 4.78 is 13.9. The summed E-state index contributed by atoms with van der Waals surface area (Å²) in [5.74, 6) is -0.0278. The molecule has 0 heterocycles. The van der Waals surface area contributed by atoms with Crippen LogP contribution in [0, 0.1) is 5.41 Å². The highest BCUT2D eigenvalue weighted by molar-refractivity contribution is 5.75. The van der Waals surface area contributed by atoms with Crippen LogP contribution >= 0.6 is 0 Å². The molecule has 9 heavy (non-hydrogen) atoms. The average Bonchev–Trinajstić information content (AvgIpc) is 1.90. The Hall–Kier alpha value is -0.610. The van der Waals surface area contributed by atoms with Crippen molar-refractivity contribution in [2.24, 2.45) is 0 Å². The molecule has 1 N–H and O–H groups in total. The van der Waals surface area contributed by atoms with E-state index in [1.807, 2.05) is 0 Å². The molecule has 0 rings (SSSR count). The van der Waals surface area contributed by atoms with Crippen molar-refractivity contribution < 1.29 is 14.2 Å². The maximum absolute atomic E-state index is 7.02. The van der Waals surface area contributed by atoms with Crippen molar-refractivity contribution in [1.82, 2.24) is 0 Å². The molecule has 0 aliphatic carbocycles. The van der Waals surface area contributed by atoms with E-state index in [9.17, 15) is 0 Å². The Labute approximate surface area is 54.2 Å². The summed E-state index contributed by atoms with van der Waals surface area (Å²) in [6.45, 7) is 0. The van der Waals surface area contributed by atoms with Gasteiger partial charge in [-0.15, -0.1) is 0 Å². The van der Waals surface area contributed by atoms with Crippen LogP contribution in [0.25, 0.3) is 0 Å². The molecule has 0 aliphatic heterocycles. The fourth-order valence-corrected chi connectivity index (χ4v) is 0.407. The molecule has 0 radical (unpaired) electrons. The normalized spacial score (nSPS) is 9.78. The zero-order valence-corrected chi connectivity index (χ0v) is 5.80. The van der Waals surface area contributed by atoms with Gasteiger partial charge in [0.05, 0.1) is 7.11 Å². The Morgan fingerprint density at radius 3 is 1.78 bits per heavy atom. The predicted molar refractivity (Wildman–Crippen MR) is 32.5 cm³/mol. The molecule has 0 bridgehead atoms. The SMILES string of the molecule is COC(=N)C(OC)OC. The van der Waals surface area contributed by atoms with Crippen LogP contribution in [-0.2, 0) is 14.2 Å². The van der Waals surface area contributed by atoms with Crippen LogP contribution in [0.3, 0.4) is 0 Å². The lowest BCUT2D eigenvalue weighted by Gasteiger charge is -2.11. The van der Waals surface area contributed by atoms with Crippen molar-refractivity contribution in [3.63, 3.8) is 0 Å². The van der Waals surface area contributed by atoms with E-state index in [4.69, 9.17) is 5.41 Å². The van der Waals surface area contributed by atoms with Crippen molar-refractivity contribution in [2.75, 3.05) is 21.3 Å². The van der Waals surface area contributed by atoms with Gasteiger partial charge in [-0.2, -0.15) is 0 Å². The van der Waals surface area contributed by atoms with Gasteiger partial charge in [0.2, 0.25) is 12.2 Å². The van der Waals surface area contributed by atoms with Crippen molar-refractivity contribution >= 4 is 5.90 Å². The van der Waals surface area contributed by atoms with Gasteiger partial charge in [-0.1, -0.05) is 0 Å². The third-order valence-corrected chi connectivity index (χ3v) is 0.862. The summed E-state index contributed by atoms with van der Waals surface area (Å²) in [5, 5.41) is 7.02. The van der Waals surface area contributed by atoms with E-state index in [0.29, 0.717) is 0 Å². The number of hydrogen-bond donors (Lipinski definition) is 1. The van der Waals surface area contributed by atoms with Gasteiger partial charge in [0.1, 0.15) is 0 Å². The second-order valence-electron chi connectivity index (χ2n) is 1.37. The summed E-state index contributed by atoms with van der Waals surface area (Å²) >= 11 is 0. The Bertz CT molecular complexity index is 90.2. The molecule has 0 aromatic heterocycles. The smallest absolute Gasteiger partial charge is 0.239 e. The average molecular weight is 133 g/mol. The minimum atomic E-state index is -0.671. The molecule has 0 spiro atoms. The van der Waals surface area contributed by atoms with Gasteiger partial charge >= 0.3 is 0 Å². The predicted octanol–water partition coefficient (Wildman–Crippen LogP) is 0.229. The van der Waals surface area contributed by atoms with Crippen molar-refractivity contribution in [3.05, 3.63) is 0 Å². The van der Waals surface area contributed by atoms with Crippen molar-refractivity contribution in [2.45, 2.75) is 6.29 Å². The summed E-state index contributed by atoms with van der Waals surface area (Å²) in [4.78, 5) is 0. The maximum atomic E-state index is 7.02. The lowest BCUT2D eigenvalue weighted by atomic mass is 10.6. The fraction of sp³-hybridized carbons (Fsp3) is 0.800. The fourth-order valence-electron chi connectivity index (χ4n) is 0.407. The molecule has 0 aromatic carbocycles. The van der Waals surface area contributed by atoms with E-state index < -0.39 is 6.29 Å². The number of nitrogens with one attached hydrogen (secondary N) is 1. The summed E-state index contributed by atoms with van der Waals surface area (Å²) in [5.41, 5.74) is 0. The summed E-state index contributed by atoms with van der Waals surface area (Å²) in [7, 11) is 4.29. The molecular weight excluding hydrogens is 122 g/mol. The first-order chi connectivity index (χ1) is 4.26. The first kappa shape index (κ1) is 8.39. The van der Waals surface area contributed by atoms with Gasteiger partial charge in [-0.3, -0.25) is 5.41 Å². The highest BCUT2D eigenvalue weighted by atomic mass is 16.7. The van der Waals surface area contributed by atoms with Gasteiger partial charge in [0.15, 0.2) is 0 Å². The Balaban J connectivity index is 3.64. The van der Waals surface area contributed by atoms with E-state index in [1.54, 1.807) is 0 Å². The van der Waals surface area contributed by atoms with Gasteiger partial charge in [-0.25, -0.2) is 0 Å². The zero-order chi connectivity index (χ0) is 7.28. The van der Waals surface area contributed by atoms with Crippen LogP contribution in [0.5, 0.6) is 0 Å². The van der Waals surface area contributed by atoms with Crippen molar-refractivity contribution in [1.29, 1.82) is 5.41 Å². The second-order valence-corrected chi connectivity index (χ2v) is 1.37. The monoisotopic (exact) mass is 133 g/mol. The highest BCUT2D eigenvalue weighted by Crippen LogP contribution is 1.92. The first-order valence-corrected chi connectivity index (χ1v) is 2.44. The van der Waals surface area contributed by atoms with Crippen molar-refractivity contribution in [3.8, 4) is 0 Å². The molecule has 0 saturated heterocycles. The third kappa shape index (κ3) is 2.43. The maximum Gasteiger partial charge on any atom is 0.239 e. The molecule has 0 fully saturated rings. The Kier molecular flexibility index (Phi) is 4.00. The topological polar surface area (TPSA) is 51.5 Å². The molecule has 54 valence electrons. The molecule has 0 atom stereocenters. The standard InChI is InChI=1S/C5H11NO3/c1-7-4(6)5(8-2)9-3/h5-6H,1-3H3. The van der Waals surface area contributed by atoms with Crippen LogP contribution in [0.4, 0.5) is 0 Å². The zero-order valence-electron chi connectivity index (χ0n) is 5.80. The molecule has 0 amide bonds. The van der Waals surface area contributed by atoms with E-state index in [2.05, 4.69) is 14.2 Å². The van der Waals surface area contributed by atoms with E-state index in [-0.39, 0.29) is 5.90 Å². The van der Waals surface area contributed by atoms with Crippen LogP contribution in [0.2, 0.25) is 0 Å². The van der Waals surface area contributed by atoms with Crippen LogP contribution in [0.15, 0.2) is 0 Å². The number of hydrogen-bond acceptors (Lipinski definition) is 4. The van der Waals surface area contributed by atoms with Crippen LogP contribution in [0.1, 0.15) is 0 Å². The molecule has 4 nitrogen and oxygen atoms in total. The van der Waals surface area contributed by atoms with Gasteiger partial charge < -0.3 is 14.2 Å². The largest absolute Gasteiger partial charge is 0.481 e. The number of ether oxygens (including phenoxy) is 3. The lowest BCUT2D eigenvalue weighted by molar-refractivity contribution is -0.0646. The first-order valence-electron chi connectivity index (χ1n) is 2.44. The van der Waals surface area contributed by atoms with Gasteiger partial charge in [0, 0.05) is 14.2 Å². The van der Waals surface area contributed by atoms with E-state index >= 15 is 0 Å². The van der Waals surface area contributed by atoms with E-state index in [0.717, 1.165) is 0 Å².